The van der Waals surface area contributed by atoms with Crippen LogP contribution >= 0.6 is 0 Å². The fraction of sp³-hybridized carbons (Fsp3) is 0.762. The van der Waals surface area contributed by atoms with E-state index in [9.17, 15) is 29.1 Å². The number of hydrogen-bond donors (Lipinski definition) is 4. The summed E-state index contributed by atoms with van der Waals surface area (Å²) in [4.78, 5) is 60.9. The lowest BCUT2D eigenvalue weighted by Gasteiger charge is -2.27. The van der Waals surface area contributed by atoms with Crippen molar-refractivity contribution in [2.45, 2.75) is 85.0 Å². The highest BCUT2D eigenvalue weighted by atomic mass is 16.6. The Kier molecular flexibility index (Phi) is 11.7. The predicted octanol–water partition coefficient (Wildman–Crippen LogP) is 1.20. The number of nitrogens with one attached hydrogen (secondary N) is 3. The maximum Gasteiger partial charge on any atom is 0.408 e. The van der Waals surface area contributed by atoms with Crippen LogP contribution in [0.2, 0.25) is 0 Å². The number of esters is 1. The molecule has 3 atom stereocenters. The second-order valence-electron chi connectivity index (χ2n) is 9.24. The van der Waals surface area contributed by atoms with E-state index in [1.807, 2.05) is 13.8 Å². The number of alkyl carbamates (subject to hydrolysis) is 1. The maximum absolute atomic E-state index is 12.8. The van der Waals surface area contributed by atoms with Gasteiger partial charge in [0.15, 0.2) is 0 Å². The van der Waals surface area contributed by atoms with E-state index in [2.05, 4.69) is 20.7 Å². The second-order valence-corrected chi connectivity index (χ2v) is 9.24. The molecule has 0 bridgehead atoms. The van der Waals surface area contributed by atoms with Crippen LogP contribution in [0.15, 0.2) is 0 Å². The summed E-state index contributed by atoms with van der Waals surface area (Å²) in [6.45, 7) is 12.0. The van der Waals surface area contributed by atoms with Crippen molar-refractivity contribution in [3.63, 3.8) is 0 Å². The van der Waals surface area contributed by atoms with Gasteiger partial charge in [0.25, 0.3) is 0 Å². The van der Waals surface area contributed by atoms with E-state index in [-0.39, 0.29) is 18.3 Å². The fourth-order valence-corrected chi connectivity index (χ4v) is 2.69. The van der Waals surface area contributed by atoms with Crippen LogP contribution in [0.5, 0.6) is 0 Å². The molecule has 0 radical (unpaired) electrons. The number of carbonyl (C=O) groups is 5. The lowest BCUT2D eigenvalue weighted by Crippen LogP contribution is -2.57. The molecule has 0 fully saturated rings. The average Bonchev–Trinajstić information content (AvgIpc) is 2.61. The Hall–Kier alpha value is -2.85. The molecular weight excluding hydrogens is 422 g/mol. The molecule has 3 amide bonds. The largest absolute Gasteiger partial charge is 0.481 e. The molecule has 4 N–H and O–H groups in total. The average molecular weight is 460 g/mol. The number of amides is 3. The molecule has 0 spiro atoms. The van der Waals surface area contributed by atoms with Gasteiger partial charge in [0.05, 0.1) is 13.5 Å². The minimum atomic E-state index is -1.47. The number of carbonyl (C=O) groups excluding carboxylic acids is 4. The van der Waals surface area contributed by atoms with Crippen molar-refractivity contribution in [3.05, 3.63) is 0 Å². The van der Waals surface area contributed by atoms with Crippen molar-refractivity contribution in [3.8, 4) is 0 Å². The molecule has 11 nitrogen and oxygen atoms in total. The quantitative estimate of drug-likeness (QED) is 0.335. The summed E-state index contributed by atoms with van der Waals surface area (Å²) in [6, 6.07) is -3.55. The SMILES string of the molecule is COC(=O)[C@@H](NC(=O)[C@H](CC(=O)O)NC(=O)[C@H](CC(C)C)NC(=O)OC(C)(C)C)C(C)C. The van der Waals surface area contributed by atoms with Gasteiger partial charge < -0.3 is 30.5 Å². The van der Waals surface area contributed by atoms with Gasteiger partial charge in [-0.05, 0) is 39.0 Å². The summed E-state index contributed by atoms with van der Waals surface area (Å²) < 4.78 is 9.84. The zero-order valence-electron chi connectivity index (χ0n) is 20.1. The van der Waals surface area contributed by atoms with Crippen molar-refractivity contribution in [1.82, 2.24) is 16.0 Å². The fourth-order valence-electron chi connectivity index (χ4n) is 2.69. The first-order chi connectivity index (χ1) is 14.6. The molecule has 0 aromatic heterocycles. The smallest absolute Gasteiger partial charge is 0.408 e. The van der Waals surface area contributed by atoms with Gasteiger partial charge in [-0.1, -0.05) is 27.7 Å². The Morgan fingerprint density at radius 3 is 1.81 bits per heavy atom. The molecule has 0 aromatic rings. The van der Waals surface area contributed by atoms with E-state index in [1.165, 1.54) is 7.11 Å². The minimum absolute atomic E-state index is 0.00270. The Morgan fingerprint density at radius 1 is 0.875 bits per heavy atom. The summed E-state index contributed by atoms with van der Waals surface area (Å²) >= 11 is 0. The second kappa shape index (κ2) is 12.9. The van der Waals surface area contributed by atoms with Crippen molar-refractivity contribution >= 4 is 29.8 Å². The number of carboxylic acids is 1. The van der Waals surface area contributed by atoms with Crippen molar-refractivity contribution in [2.24, 2.45) is 11.8 Å². The first kappa shape index (κ1) is 29.1. The summed E-state index contributed by atoms with van der Waals surface area (Å²) in [5.41, 5.74) is -0.783. The molecule has 0 aliphatic rings. The van der Waals surface area contributed by atoms with Crippen molar-refractivity contribution < 1.29 is 38.6 Å². The number of ether oxygens (including phenoxy) is 2. The summed E-state index contributed by atoms with van der Waals surface area (Å²) in [6.07, 6.45) is -1.31. The van der Waals surface area contributed by atoms with Gasteiger partial charge in [-0.3, -0.25) is 14.4 Å². The monoisotopic (exact) mass is 459 g/mol. The number of hydrogen-bond acceptors (Lipinski definition) is 7. The molecule has 0 aromatic carbocycles. The highest BCUT2D eigenvalue weighted by Crippen LogP contribution is 2.11. The van der Waals surface area contributed by atoms with Gasteiger partial charge in [0.1, 0.15) is 23.7 Å². The van der Waals surface area contributed by atoms with Gasteiger partial charge in [-0.25, -0.2) is 9.59 Å². The molecular formula is C21H37N3O8. The van der Waals surface area contributed by atoms with Gasteiger partial charge >= 0.3 is 18.0 Å². The molecule has 32 heavy (non-hydrogen) atoms. The lowest BCUT2D eigenvalue weighted by atomic mass is 10.0. The van der Waals surface area contributed by atoms with E-state index in [4.69, 9.17) is 4.74 Å². The third kappa shape index (κ3) is 11.5. The molecule has 0 unspecified atom stereocenters. The topological polar surface area (TPSA) is 160 Å². The van der Waals surface area contributed by atoms with Crippen LogP contribution in [0.3, 0.4) is 0 Å². The third-order valence-corrected chi connectivity index (χ3v) is 4.15. The van der Waals surface area contributed by atoms with Crippen molar-refractivity contribution in [2.75, 3.05) is 7.11 Å². The van der Waals surface area contributed by atoms with Crippen LogP contribution in [-0.4, -0.2) is 65.8 Å². The Balaban J connectivity index is 5.54. The van der Waals surface area contributed by atoms with Crippen molar-refractivity contribution in [1.29, 1.82) is 0 Å². The van der Waals surface area contributed by atoms with Crippen LogP contribution in [0.25, 0.3) is 0 Å². The number of rotatable bonds is 11. The van der Waals surface area contributed by atoms with Gasteiger partial charge in [0.2, 0.25) is 11.8 Å². The predicted molar refractivity (Wildman–Crippen MR) is 116 cm³/mol. The number of carboxylic acid groups (broad SMARTS) is 1. The zero-order chi connectivity index (χ0) is 25.2. The molecule has 0 rings (SSSR count). The van der Waals surface area contributed by atoms with E-state index in [1.54, 1.807) is 34.6 Å². The van der Waals surface area contributed by atoms with Gasteiger partial charge in [-0.15, -0.1) is 0 Å². The first-order valence-corrected chi connectivity index (χ1v) is 10.5. The lowest BCUT2D eigenvalue weighted by molar-refractivity contribution is -0.147. The van der Waals surface area contributed by atoms with E-state index in [0.29, 0.717) is 0 Å². The maximum atomic E-state index is 12.8. The Bertz CT molecular complexity index is 685. The Labute approximate surface area is 189 Å². The van der Waals surface area contributed by atoms with E-state index < -0.39 is 60.0 Å². The highest BCUT2D eigenvalue weighted by molar-refractivity contribution is 5.95. The third-order valence-electron chi connectivity index (χ3n) is 4.15. The normalized spacial score (nSPS) is 14.2. The number of methoxy groups -OCH3 is 1. The zero-order valence-corrected chi connectivity index (χ0v) is 20.1. The first-order valence-electron chi connectivity index (χ1n) is 10.5. The summed E-state index contributed by atoms with van der Waals surface area (Å²) in [5.74, 6) is -3.97. The number of aliphatic carboxylic acids is 1. The van der Waals surface area contributed by atoms with E-state index in [0.717, 1.165) is 0 Å². The summed E-state index contributed by atoms with van der Waals surface area (Å²) in [7, 11) is 1.17. The standard InChI is InChI=1S/C21H37N3O8/c1-11(2)9-13(23-20(30)32-21(5,6)7)17(27)22-14(10-15(25)26)18(28)24-16(12(3)4)19(29)31-8/h11-14,16H,9-10H2,1-8H3,(H,22,27)(H,23,30)(H,24,28)(H,25,26)/t13-,14-,16-/m0/s1. The van der Waals surface area contributed by atoms with E-state index >= 15 is 0 Å². The van der Waals surface area contributed by atoms with Crippen LogP contribution in [0, 0.1) is 11.8 Å². The highest BCUT2D eigenvalue weighted by Gasteiger charge is 2.33. The van der Waals surface area contributed by atoms with Gasteiger partial charge in [0, 0.05) is 0 Å². The molecule has 0 saturated heterocycles. The van der Waals surface area contributed by atoms with Gasteiger partial charge in [-0.2, -0.15) is 0 Å². The minimum Gasteiger partial charge on any atom is -0.481 e. The van der Waals surface area contributed by atoms with Crippen LogP contribution in [0.1, 0.15) is 61.3 Å². The van der Waals surface area contributed by atoms with Crippen LogP contribution in [-0.2, 0) is 28.7 Å². The molecule has 184 valence electrons. The molecule has 0 aliphatic carbocycles. The summed E-state index contributed by atoms with van der Waals surface area (Å²) in [5, 5.41) is 16.4. The molecule has 11 heteroatoms. The molecule has 0 aliphatic heterocycles. The molecule has 0 heterocycles. The molecule has 0 saturated carbocycles. The van der Waals surface area contributed by atoms with Crippen LogP contribution < -0.4 is 16.0 Å². The van der Waals surface area contributed by atoms with Crippen LogP contribution in [0.4, 0.5) is 4.79 Å². The Morgan fingerprint density at radius 2 is 1.41 bits per heavy atom.